The van der Waals surface area contributed by atoms with Gasteiger partial charge in [0.1, 0.15) is 0 Å². The maximum atomic E-state index is 11.5. The summed E-state index contributed by atoms with van der Waals surface area (Å²) in [5.41, 5.74) is 0.296. The van der Waals surface area contributed by atoms with E-state index in [0.29, 0.717) is 17.9 Å². The van der Waals surface area contributed by atoms with Crippen molar-refractivity contribution >= 4 is 11.8 Å². The summed E-state index contributed by atoms with van der Waals surface area (Å²) in [6.07, 6.45) is 1.41. The van der Waals surface area contributed by atoms with Gasteiger partial charge in [0.25, 0.3) is 0 Å². The minimum Gasteiger partial charge on any atom is -0.302 e. The first-order valence-electron chi connectivity index (χ1n) is 4.98. The van der Waals surface area contributed by atoms with E-state index in [1.165, 1.54) is 4.90 Å². The van der Waals surface area contributed by atoms with Crippen LogP contribution in [0, 0.1) is 5.41 Å². The second-order valence-electron chi connectivity index (χ2n) is 4.96. The van der Waals surface area contributed by atoms with E-state index in [1.807, 2.05) is 0 Å². The predicted molar refractivity (Wildman–Crippen MR) is 51.5 cm³/mol. The molecule has 0 spiro atoms. The van der Waals surface area contributed by atoms with E-state index in [2.05, 4.69) is 19.2 Å². The van der Waals surface area contributed by atoms with Crippen LogP contribution in [0.15, 0.2) is 0 Å². The van der Waals surface area contributed by atoms with Crippen LogP contribution in [-0.4, -0.2) is 35.8 Å². The first kappa shape index (κ1) is 9.65. The van der Waals surface area contributed by atoms with Gasteiger partial charge in [-0.15, -0.1) is 0 Å². The molecule has 1 saturated heterocycles. The predicted octanol–water partition coefficient (Wildman–Crippen LogP) is 0.132. The smallest absolute Gasteiger partial charge is 0.246 e. The standard InChI is InChI=1S/C10H16N2O2/c1-10(2)5-7(10)11-6-4-8(13)12(3)9(6)14/h6-7,11H,4-5H2,1-3H3. The van der Waals surface area contributed by atoms with Gasteiger partial charge in [0, 0.05) is 13.1 Å². The quantitative estimate of drug-likeness (QED) is 0.639. The van der Waals surface area contributed by atoms with Crippen molar-refractivity contribution in [1.29, 1.82) is 0 Å². The topological polar surface area (TPSA) is 49.4 Å². The normalized spacial score (nSPS) is 35.2. The lowest BCUT2D eigenvalue weighted by molar-refractivity contribution is -0.137. The van der Waals surface area contributed by atoms with Gasteiger partial charge >= 0.3 is 0 Å². The second kappa shape index (κ2) is 2.79. The van der Waals surface area contributed by atoms with Crippen molar-refractivity contribution in [2.24, 2.45) is 5.41 Å². The average molecular weight is 196 g/mol. The first-order valence-corrected chi connectivity index (χ1v) is 4.98. The molecule has 2 unspecified atom stereocenters. The molecule has 0 aromatic rings. The van der Waals surface area contributed by atoms with Gasteiger partial charge in [-0.05, 0) is 11.8 Å². The van der Waals surface area contributed by atoms with Gasteiger partial charge in [-0.25, -0.2) is 0 Å². The highest BCUT2D eigenvalue weighted by Crippen LogP contribution is 2.45. The third-order valence-electron chi connectivity index (χ3n) is 3.30. The Morgan fingerprint density at radius 3 is 2.36 bits per heavy atom. The van der Waals surface area contributed by atoms with Crippen LogP contribution in [-0.2, 0) is 9.59 Å². The molecule has 0 radical (unpaired) electrons. The number of imide groups is 1. The molecule has 2 fully saturated rings. The van der Waals surface area contributed by atoms with Crippen LogP contribution in [0.4, 0.5) is 0 Å². The first-order chi connectivity index (χ1) is 6.42. The van der Waals surface area contributed by atoms with Crippen molar-refractivity contribution < 1.29 is 9.59 Å². The van der Waals surface area contributed by atoms with Gasteiger partial charge in [-0.3, -0.25) is 14.5 Å². The van der Waals surface area contributed by atoms with Crippen LogP contribution in [0.2, 0.25) is 0 Å². The van der Waals surface area contributed by atoms with E-state index in [1.54, 1.807) is 7.05 Å². The average Bonchev–Trinajstić information content (AvgIpc) is 2.62. The fourth-order valence-corrected chi connectivity index (χ4v) is 1.88. The summed E-state index contributed by atoms with van der Waals surface area (Å²) in [5.74, 6) is -0.163. The molecular formula is C10H16N2O2. The Bertz CT molecular complexity index is 298. The maximum Gasteiger partial charge on any atom is 0.246 e. The minimum atomic E-state index is -0.278. The zero-order valence-corrected chi connectivity index (χ0v) is 8.83. The van der Waals surface area contributed by atoms with Crippen molar-refractivity contribution in [1.82, 2.24) is 10.2 Å². The third-order valence-corrected chi connectivity index (χ3v) is 3.30. The van der Waals surface area contributed by atoms with Crippen molar-refractivity contribution in [2.45, 2.75) is 38.8 Å². The van der Waals surface area contributed by atoms with Crippen LogP contribution in [0.5, 0.6) is 0 Å². The SMILES string of the molecule is CN1C(=O)CC(NC2CC2(C)C)C1=O. The number of nitrogens with one attached hydrogen (secondary N) is 1. The molecule has 1 aliphatic carbocycles. The molecule has 0 aromatic heterocycles. The van der Waals surface area contributed by atoms with Crippen LogP contribution >= 0.6 is 0 Å². The zero-order valence-electron chi connectivity index (χ0n) is 8.83. The summed E-state index contributed by atoms with van der Waals surface area (Å²) in [6, 6.07) is 0.120. The van der Waals surface area contributed by atoms with Crippen LogP contribution < -0.4 is 5.32 Å². The zero-order chi connectivity index (χ0) is 10.5. The lowest BCUT2D eigenvalue weighted by Crippen LogP contribution is -2.39. The molecule has 1 saturated carbocycles. The van der Waals surface area contributed by atoms with Crippen LogP contribution in [0.3, 0.4) is 0 Å². The van der Waals surface area contributed by atoms with E-state index in [9.17, 15) is 9.59 Å². The molecule has 1 heterocycles. The van der Waals surface area contributed by atoms with Crippen molar-refractivity contribution in [3.8, 4) is 0 Å². The monoisotopic (exact) mass is 196 g/mol. The number of carbonyl (C=O) groups excluding carboxylic acids is 2. The Hall–Kier alpha value is -0.900. The molecule has 4 nitrogen and oxygen atoms in total. The Balaban J connectivity index is 1.95. The Morgan fingerprint density at radius 2 is 2.00 bits per heavy atom. The molecule has 1 N–H and O–H groups in total. The summed E-state index contributed by atoms with van der Waals surface area (Å²) >= 11 is 0. The number of likely N-dealkylation sites (N-methyl/N-ethyl adjacent to an activating group) is 1. The summed E-state index contributed by atoms with van der Waals surface area (Å²) in [6.45, 7) is 4.32. The van der Waals surface area contributed by atoms with E-state index < -0.39 is 0 Å². The van der Waals surface area contributed by atoms with E-state index in [-0.39, 0.29) is 17.9 Å². The fraction of sp³-hybridized carbons (Fsp3) is 0.800. The third kappa shape index (κ3) is 1.43. The van der Waals surface area contributed by atoms with E-state index >= 15 is 0 Å². The minimum absolute atomic E-state index is 0.0778. The molecule has 14 heavy (non-hydrogen) atoms. The maximum absolute atomic E-state index is 11.5. The van der Waals surface area contributed by atoms with E-state index in [4.69, 9.17) is 0 Å². The summed E-state index contributed by atoms with van der Waals surface area (Å²) in [4.78, 5) is 24.0. The number of rotatable bonds is 2. The Labute approximate surface area is 83.6 Å². The number of amides is 2. The van der Waals surface area contributed by atoms with Crippen LogP contribution in [0.1, 0.15) is 26.7 Å². The van der Waals surface area contributed by atoms with Crippen molar-refractivity contribution in [2.75, 3.05) is 7.05 Å². The largest absolute Gasteiger partial charge is 0.302 e. The van der Waals surface area contributed by atoms with Gasteiger partial charge in [-0.1, -0.05) is 13.8 Å². The Morgan fingerprint density at radius 1 is 1.43 bits per heavy atom. The molecule has 0 aromatic carbocycles. The second-order valence-corrected chi connectivity index (χ2v) is 4.96. The number of likely N-dealkylation sites (tertiary alicyclic amines) is 1. The molecule has 78 valence electrons. The Kier molecular flexibility index (Phi) is 1.93. The number of carbonyl (C=O) groups is 2. The van der Waals surface area contributed by atoms with Gasteiger partial charge in [0.05, 0.1) is 12.5 Å². The molecular weight excluding hydrogens is 180 g/mol. The molecule has 2 rings (SSSR count). The van der Waals surface area contributed by atoms with E-state index in [0.717, 1.165) is 6.42 Å². The molecule has 0 bridgehead atoms. The summed E-state index contributed by atoms with van der Waals surface area (Å²) in [7, 11) is 1.55. The van der Waals surface area contributed by atoms with Crippen LogP contribution in [0.25, 0.3) is 0 Å². The molecule has 4 heteroatoms. The highest BCUT2D eigenvalue weighted by Gasteiger charge is 2.49. The van der Waals surface area contributed by atoms with Gasteiger partial charge in [0.2, 0.25) is 11.8 Å². The lowest BCUT2D eigenvalue weighted by atomic mass is 10.1. The van der Waals surface area contributed by atoms with Gasteiger partial charge in [-0.2, -0.15) is 0 Å². The molecule has 1 aliphatic heterocycles. The number of hydrogen-bond donors (Lipinski definition) is 1. The van der Waals surface area contributed by atoms with Crippen molar-refractivity contribution in [3.05, 3.63) is 0 Å². The fourth-order valence-electron chi connectivity index (χ4n) is 1.88. The summed E-state index contributed by atoms with van der Waals surface area (Å²) in [5, 5.41) is 3.24. The van der Waals surface area contributed by atoms with Crippen molar-refractivity contribution in [3.63, 3.8) is 0 Å². The highest BCUT2D eigenvalue weighted by molar-refractivity contribution is 6.05. The van der Waals surface area contributed by atoms with Gasteiger partial charge < -0.3 is 5.32 Å². The molecule has 2 atom stereocenters. The lowest BCUT2D eigenvalue weighted by Gasteiger charge is -2.11. The molecule has 2 aliphatic rings. The number of nitrogens with zero attached hydrogens (tertiary/aromatic N) is 1. The summed E-state index contributed by atoms with van der Waals surface area (Å²) < 4.78 is 0. The molecule has 2 amide bonds. The van der Waals surface area contributed by atoms with Gasteiger partial charge in [0.15, 0.2) is 0 Å². The highest BCUT2D eigenvalue weighted by atomic mass is 16.2. The number of hydrogen-bond acceptors (Lipinski definition) is 3.